The highest BCUT2D eigenvalue weighted by molar-refractivity contribution is 7.89. The number of sulfonamides is 1. The largest absolute Gasteiger partial charge is 0.310 e. The zero-order valence-electron chi connectivity index (χ0n) is 12.8. The molecule has 2 bridgehead atoms. The topological polar surface area (TPSA) is 49.4 Å². The van der Waals surface area contributed by atoms with Crippen LogP contribution in [0, 0.1) is 19.7 Å². The summed E-state index contributed by atoms with van der Waals surface area (Å²) >= 11 is 0. The third-order valence-corrected chi connectivity index (χ3v) is 6.68. The fraction of sp³-hybridized carbons (Fsp3) is 0.600. The van der Waals surface area contributed by atoms with Gasteiger partial charge < -0.3 is 5.32 Å². The van der Waals surface area contributed by atoms with Crippen LogP contribution in [-0.4, -0.2) is 37.9 Å². The summed E-state index contributed by atoms with van der Waals surface area (Å²) in [6, 6.07) is 3.27. The Labute approximate surface area is 137 Å². The highest BCUT2D eigenvalue weighted by Gasteiger charge is 2.36. The van der Waals surface area contributed by atoms with Gasteiger partial charge in [0.05, 0.1) is 4.90 Å². The van der Waals surface area contributed by atoms with Crippen LogP contribution in [0.3, 0.4) is 0 Å². The van der Waals surface area contributed by atoms with E-state index in [2.05, 4.69) is 5.32 Å². The smallest absolute Gasteiger partial charge is 0.243 e. The van der Waals surface area contributed by atoms with Crippen LogP contribution in [0.5, 0.6) is 0 Å². The van der Waals surface area contributed by atoms with E-state index in [1.807, 2.05) is 0 Å². The molecule has 22 heavy (non-hydrogen) atoms. The Balaban J connectivity index is 0.00000176. The normalized spacial score (nSPS) is 25.6. The molecule has 2 saturated heterocycles. The highest BCUT2D eigenvalue weighted by Crippen LogP contribution is 2.28. The summed E-state index contributed by atoms with van der Waals surface area (Å²) in [4.78, 5) is 0.265. The van der Waals surface area contributed by atoms with Crippen molar-refractivity contribution < 1.29 is 12.8 Å². The zero-order valence-corrected chi connectivity index (χ0v) is 14.4. The Morgan fingerprint density at radius 3 is 2.36 bits per heavy atom. The molecule has 0 spiro atoms. The fourth-order valence-electron chi connectivity index (χ4n) is 3.56. The number of nitrogens with one attached hydrogen (secondary N) is 1. The lowest BCUT2D eigenvalue weighted by molar-refractivity contribution is 0.383. The van der Waals surface area contributed by atoms with Crippen molar-refractivity contribution in [2.45, 2.75) is 50.1 Å². The quantitative estimate of drug-likeness (QED) is 0.892. The van der Waals surface area contributed by atoms with Gasteiger partial charge in [0.25, 0.3) is 0 Å². The van der Waals surface area contributed by atoms with Gasteiger partial charge in [-0.05, 0) is 56.4 Å². The van der Waals surface area contributed by atoms with Crippen molar-refractivity contribution in [1.82, 2.24) is 9.62 Å². The summed E-state index contributed by atoms with van der Waals surface area (Å²) in [5, 5.41) is 3.48. The van der Waals surface area contributed by atoms with E-state index in [1.54, 1.807) is 18.2 Å². The number of nitrogens with zero attached hydrogens (tertiary/aromatic N) is 1. The summed E-state index contributed by atoms with van der Waals surface area (Å²) in [7, 11) is -3.56. The summed E-state index contributed by atoms with van der Waals surface area (Å²) in [5.41, 5.74) is 0.963. The van der Waals surface area contributed by atoms with E-state index in [9.17, 15) is 12.8 Å². The van der Waals surface area contributed by atoms with Crippen LogP contribution in [-0.2, 0) is 10.0 Å². The van der Waals surface area contributed by atoms with E-state index < -0.39 is 10.0 Å². The molecule has 4 nitrogen and oxygen atoms in total. The third-order valence-electron chi connectivity index (χ3n) is 4.51. The predicted molar refractivity (Wildman–Crippen MR) is 86.4 cm³/mol. The van der Waals surface area contributed by atoms with Gasteiger partial charge in [0.2, 0.25) is 10.0 Å². The van der Waals surface area contributed by atoms with E-state index in [4.69, 9.17) is 0 Å². The van der Waals surface area contributed by atoms with E-state index in [0.717, 1.165) is 19.3 Å². The van der Waals surface area contributed by atoms with Gasteiger partial charge in [-0.3, -0.25) is 0 Å². The molecule has 0 saturated carbocycles. The van der Waals surface area contributed by atoms with Gasteiger partial charge in [-0.15, -0.1) is 12.4 Å². The predicted octanol–water partition coefficient (Wildman–Crippen LogP) is 2.38. The van der Waals surface area contributed by atoms with Gasteiger partial charge in [-0.1, -0.05) is 0 Å². The summed E-state index contributed by atoms with van der Waals surface area (Å²) in [6.07, 6.45) is 3.00. The first-order chi connectivity index (χ1) is 9.88. The number of halogens is 2. The first-order valence-corrected chi connectivity index (χ1v) is 8.85. The average Bonchev–Trinajstić information content (AvgIpc) is 2.66. The molecule has 0 radical (unpaired) electrons. The number of rotatable bonds is 2. The van der Waals surface area contributed by atoms with Crippen LogP contribution >= 0.6 is 12.4 Å². The van der Waals surface area contributed by atoms with Crippen molar-refractivity contribution in [1.29, 1.82) is 0 Å². The molecule has 0 amide bonds. The SMILES string of the molecule is Cc1cc(F)cc(C)c1S(=O)(=O)N1CCC2CCC(C1)N2.Cl. The standard InChI is InChI=1S/C15H21FN2O2S.ClH/c1-10-7-12(16)8-11(2)15(10)21(19,20)18-6-5-13-3-4-14(9-18)17-13;/h7-8,13-14,17H,3-6,9H2,1-2H3;1H. The monoisotopic (exact) mass is 348 g/mol. The van der Waals surface area contributed by atoms with E-state index >= 15 is 0 Å². The molecule has 1 aromatic rings. The molecule has 3 rings (SSSR count). The van der Waals surface area contributed by atoms with Crippen LogP contribution in [0.1, 0.15) is 30.4 Å². The minimum absolute atomic E-state index is 0. The van der Waals surface area contributed by atoms with E-state index in [1.165, 1.54) is 12.1 Å². The third kappa shape index (κ3) is 3.15. The van der Waals surface area contributed by atoms with Crippen LogP contribution in [0.25, 0.3) is 0 Å². The van der Waals surface area contributed by atoms with Gasteiger partial charge in [-0.2, -0.15) is 4.31 Å². The van der Waals surface area contributed by atoms with Crippen LogP contribution < -0.4 is 5.32 Å². The maximum Gasteiger partial charge on any atom is 0.243 e. The molecule has 2 fully saturated rings. The maximum absolute atomic E-state index is 13.4. The molecule has 2 aliphatic heterocycles. The Hall–Kier alpha value is -0.690. The average molecular weight is 349 g/mol. The molecule has 1 N–H and O–H groups in total. The Morgan fingerprint density at radius 1 is 1.14 bits per heavy atom. The maximum atomic E-state index is 13.4. The molecular formula is C15H22ClFN2O2S. The first kappa shape index (κ1) is 17.7. The molecular weight excluding hydrogens is 327 g/mol. The second-order valence-corrected chi connectivity index (χ2v) is 8.03. The number of benzene rings is 1. The van der Waals surface area contributed by atoms with Crippen molar-refractivity contribution >= 4 is 22.4 Å². The van der Waals surface area contributed by atoms with Gasteiger partial charge >= 0.3 is 0 Å². The van der Waals surface area contributed by atoms with Gasteiger partial charge in [0, 0.05) is 25.2 Å². The molecule has 2 heterocycles. The fourth-order valence-corrected chi connectivity index (χ4v) is 5.47. The van der Waals surface area contributed by atoms with Crippen molar-refractivity contribution in [2.75, 3.05) is 13.1 Å². The molecule has 2 unspecified atom stereocenters. The van der Waals surface area contributed by atoms with Crippen molar-refractivity contribution in [2.24, 2.45) is 0 Å². The molecule has 1 aromatic carbocycles. The van der Waals surface area contributed by atoms with Crippen molar-refractivity contribution in [3.8, 4) is 0 Å². The van der Waals surface area contributed by atoms with Crippen molar-refractivity contribution in [3.05, 3.63) is 29.1 Å². The first-order valence-electron chi connectivity index (χ1n) is 7.41. The molecule has 7 heteroatoms. The number of fused-ring (bicyclic) bond motifs is 2. The number of aryl methyl sites for hydroxylation is 2. The van der Waals surface area contributed by atoms with E-state index in [0.29, 0.717) is 30.3 Å². The molecule has 0 aromatic heterocycles. The zero-order chi connectivity index (χ0) is 15.2. The van der Waals surface area contributed by atoms with Crippen LogP contribution in [0.2, 0.25) is 0 Å². The van der Waals surface area contributed by atoms with Crippen LogP contribution in [0.15, 0.2) is 17.0 Å². The lowest BCUT2D eigenvalue weighted by Crippen LogP contribution is -2.39. The highest BCUT2D eigenvalue weighted by atomic mass is 35.5. The minimum Gasteiger partial charge on any atom is -0.310 e. The Bertz CT molecular complexity index is 643. The molecule has 2 aliphatic rings. The summed E-state index contributed by atoms with van der Waals surface area (Å²) < 4.78 is 40.9. The van der Waals surface area contributed by atoms with Crippen LogP contribution in [0.4, 0.5) is 4.39 Å². The Morgan fingerprint density at radius 2 is 1.73 bits per heavy atom. The minimum atomic E-state index is -3.56. The van der Waals surface area contributed by atoms with Gasteiger partial charge in [0.1, 0.15) is 5.82 Å². The summed E-state index contributed by atoms with van der Waals surface area (Å²) in [5.74, 6) is -0.388. The second kappa shape index (κ2) is 6.43. The lowest BCUT2D eigenvalue weighted by atomic mass is 10.1. The van der Waals surface area contributed by atoms with E-state index in [-0.39, 0.29) is 29.2 Å². The second-order valence-electron chi connectivity index (χ2n) is 6.16. The molecule has 124 valence electrons. The summed E-state index contributed by atoms with van der Waals surface area (Å²) in [6.45, 7) is 4.36. The van der Waals surface area contributed by atoms with Gasteiger partial charge in [-0.25, -0.2) is 12.8 Å². The number of hydrogen-bond acceptors (Lipinski definition) is 3. The number of hydrogen-bond donors (Lipinski definition) is 1. The van der Waals surface area contributed by atoms with Gasteiger partial charge in [0.15, 0.2) is 0 Å². The van der Waals surface area contributed by atoms with Crippen molar-refractivity contribution in [3.63, 3.8) is 0 Å². The lowest BCUT2D eigenvalue weighted by Gasteiger charge is -2.25. The molecule has 0 aliphatic carbocycles. The molecule has 2 atom stereocenters. The Kier molecular flexibility index (Phi) is 5.16.